The minimum absolute atomic E-state index is 0.0496. The molecule has 1 atom stereocenters. The van der Waals surface area contributed by atoms with E-state index in [1.807, 2.05) is 25.1 Å². The second kappa shape index (κ2) is 4.27. The van der Waals surface area contributed by atoms with Gasteiger partial charge in [0.15, 0.2) is 0 Å². The summed E-state index contributed by atoms with van der Waals surface area (Å²) in [6.45, 7) is 2.00. The number of alkyl halides is 1. The van der Waals surface area contributed by atoms with Crippen LogP contribution in [0.15, 0.2) is 24.3 Å². The van der Waals surface area contributed by atoms with Crippen molar-refractivity contribution in [2.24, 2.45) is 0 Å². The van der Waals surface area contributed by atoms with Crippen LogP contribution >= 0.6 is 11.6 Å². The largest absolute Gasteiger partial charge is 0.298 e. The Morgan fingerprint density at radius 3 is 2.75 bits per heavy atom. The lowest BCUT2D eigenvalue weighted by Gasteiger charge is -2.08. The van der Waals surface area contributed by atoms with Crippen LogP contribution in [-0.2, 0) is 0 Å². The van der Waals surface area contributed by atoms with E-state index in [9.17, 15) is 4.79 Å². The maximum atomic E-state index is 10.6. The molecule has 0 aliphatic carbocycles. The van der Waals surface area contributed by atoms with Crippen molar-refractivity contribution < 1.29 is 4.79 Å². The van der Waals surface area contributed by atoms with Gasteiger partial charge in [-0.1, -0.05) is 31.2 Å². The summed E-state index contributed by atoms with van der Waals surface area (Å²) >= 11 is 6.02. The Morgan fingerprint density at radius 1 is 1.50 bits per heavy atom. The Hall–Kier alpha value is -0.820. The van der Waals surface area contributed by atoms with Gasteiger partial charge in [0.25, 0.3) is 0 Å². The summed E-state index contributed by atoms with van der Waals surface area (Å²) in [7, 11) is 0. The van der Waals surface area contributed by atoms with Gasteiger partial charge in [-0.2, -0.15) is 0 Å². The van der Waals surface area contributed by atoms with Crippen LogP contribution in [0.5, 0.6) is 0 Å². The Labute approximate surface area is 77.4 Å². The van der Waals surface area contributed by atoms with Gasteiger partial charge in [-0.15, -0.1) is 11.6 Å². The van der Waals surface area contributed by atoms with Crippen LogP contribution in [0, 0.1) is 0 Å². The van der Waals surface area contributed by atoms with Gasteiger partial charge >= 0.3 is 0 Å². The fourth-order valence-electron chi connectivity index (χ4n) is 1.12. The predicted octanol–water partition coefficient (Wildman–Crippen LogP) is 3.19. The van der Waals surface area contributed by atoms with Crippen LogP contribution < -0.4 is 0 Å². The van der Waals surface area contributed by atoms with Crippen molar-refractivity contribution in [3.63, 3.8) is 0 Å². The van der Waals surface area contributed by atoms with E-state index in [0.717, 1.165) is 18.3 Å². The lowest BCUT2D eigenvalue weighted by atomic mass is 10.0. The molecule has 0 heterocycles. The fraction of sp³-hybridized carbons (Fsp3) is 0.300. The molecule has 0 amide bonds. The van der Waals surface area contributed by atoms with Crippen LogP contribution in [0.25, 0.3) is 0 Å². The number of benzene rings is 1. The summed E-state index contributed by atoms with van der Waals surface area (Å²) in [4.78, 5) is 10.6. The summed E-state index contributed by atoms with van der Waals surface area (Å²) in [6, 6.07) is 7.41. The lowest BCUT2D eigenvalue weighted by Crippen LogP contribution is -1.94. The quantitative estimate of drug-likeness (QED) is 0.518. The first kappa shape index (κ1) is 9.27. The number of hydrogen-bond donors (Lipinski definition) is 0. The van der Waals surface area contributed by atoms with Gasteiger partial charge in [0.1, 0.15) is 6.29 Å². The molecule has 0 saturated carbocycles. The molecule has 1 unspecified atom stereocenters. The van der Waals surface area contributed by atoms with E-state index in [4.69, 9.17) is 11.6 Å². The maximum absolute atomic E-state index is 10.6. The van der Waals surface area contributed by atoms with Crippen molar-refractivity contribution in [3.05, 3.63) is 35.4 Å². The highest BCUT2D eigenvalue weighted by Crippen LogP contribution is 2.25. The van der Waals surface area contributed by atoms with Crippen LogP contribution in [0.4, 0.5) is 0 Å². The third-order valence-electron chi connectivity index (χ3n) is 1.82. The van der Waals surface area contributed by atoms with Crippen LogP contribution in [0.3, 0.4) is 0 Å². The van der Waals surface area contributed by atoms with Gasteiger partial charge in [0, 0.05) is 5.56 Å². The van der Waals surface area contributed by atoms with Crippen molar-refractivity contribution in [2.45, 2.75) is 18.7 Å². The van der Waals surface area contributed by atoms with E-state index in [2.05, 4.69) is 0 Å². The van der Waals surface area contributed by atoms with E-state index >= 15 is 0 Å². The molecule has 0 radical (unpaired) electrons. The topological polar surface area (TPSA) is 17.1 Å². The average molecular weight is 183 g/mol. The van der Waals surface area contributed by atoms with E-state index in [1.54, 1.807) is 6.07 Å². The summed E-state index contributed by atoms with van der Waals surface area (Å²) in [5, 5.41) is -0.0496. The monoisotopic (exact) mass is 182 g/mol. The number of aldehydes is 1. The summed E-state index contributed by atoms with van der Waals surface area (Å²) < 4.78 is 0. The molecule has 1 aromatic rings. The summed E-state index contributed by atoms with van der Waals surface area (Å²) in [5.41, 5.74) is 1.62. The minimum atomic E-state index is -0.0496. The van der Waals surface area contributed by atoms with E-state index in [-0.39, 0.29) is 5.38 Å². The fourth-order valence-corrected chi connectivity index (χ4v) is 1.32. The smallest absolute Gasteiger partial charge is 0.150 e. The third-order valence-corrected chi connectivity index (χ3v) is 2.36. The number of hydrogen-bond acceptors (Lipinski definition) is 1. The standard InChI is InChI=1S/C10H11ClO/c1-2-10(11)9-6-4-3-5-8(9)7-12/h3-7,10H,2H2,1H3. The van der Waals surface area contributed by atoms with E-state index < -0.39 is 0 Å². The molecule has 1 rings (SSSR count). The van der Waals surface area contributed by atoms with Gasteiger partial charge in [-0.05, 0) is 12.0 Å². The Bertz CT molecular complexity index is 270. The molecule has 2 heteroatoms. The highest BCUT2D eigenvalue weighted by Gasteiger charge is 2.08. The zero-order chi connectivity index (χ0) is 8.97. The molecular formula is C10H11ClO. The van der Waals surface area contributed by atoms with Gasteiger partial charge in [-0.3, -0.25) is 4.79 Å². The second-order valence-corrected chi connectivity index (χ2v) is 3.15. The first-order chi connectivity index (χ1) is 5.79. The molecule has 0 N–H and O–H groups in total. The molecule has 1 aromatic carbocycles. The van der Waals surface area contributed by atoms with Crippen molar-refractivity contribution in [3.8, 4) is 0 Å². The number of halogens is 1. The molecule has 0 aliphatic rings. The number of carbonyl (C=O) groups is 1. The normalized spacial score (nSPS) is 12.5. The number of rotatable bonds is 3. The van der Waals surface area contributed by atoms with Crippen molar-refractivity contribution in [2.75, 3.05) is 0 Å². The predicted molar refractivity (Wildman–Crippen MR) is 50.7 cm³/mol. The summed E-state index contributed by atoms with van der Waals surface area (Å²) in [5.74, 6) is 0. The van der Waals surface area contributed by atoms with Gasteiger partial charge in [0.05, 0.1) is 5.38 Å². The lowest BCUT2D eigenvalue weighted by molar-refractivity contribution is 0.112. The molecular weight excluding hydrogens is 172 g/mol. The zero-order valence-corrected chi connectivity index (χ0v) is 7.71. The van der Waals surface area contributed by atoms with E-state index in [1.165, 1.54) is 0 Å². The first-order valence-corrected chi connectivity index (χ1v) is 4.41. The van der Waals surface area contributed by atoms with Gasteiger partial charge in [0.2, 0.25) is 0 Å². The molecule has 1 nitrogen and oxygen atoms in total. The Balaban J connectivity index is 3.04. The SMILES string of the molecule is CCC(Cl)c1ccccc1C=O. The number of carbonyl (C=O) groups excluding carboxylic acids is 1. The third kappa shape index (κ3) is 1.86. The molecule has 0 fully saturated rings. The molecule has 0 aromatic heterocycles. The second-order valence-electron chi connectivity index (χ2n) is 2.62. The van der Waals surface area contributed by atoms with Gasteiger partial charge < -0.3 is 0 Å². The zero-order valence-electron chi connectivity index (χ0n) is 6.96. The first-order valence-electron chi connectivity index (χ1n) is 3.97. The molecule has 0 spiro atoms. The Kier molecular flexibility index (Phi) is 3.30. The molecule has 64 valence electrons. The maximum Gasteiger partial charge on any atom is 0.150 e. The molecule has 12 heavy (non-hydrogen) atoms. The van der Waals surface area contributed by atoms with Crippen molar-refractivity contribution in [1.29, 1.82) is 0 Å². The van der Waals surface area contributed by atoms with Crippen molar-refractivity contribution in [1.82, 2.24) is 0 Å². The summed E-state index contributed by atoms with van der Waals surface area (Å²) in [6.07, 6.45) is 1.69. The van der Waals surface area contributed by atoms with Crippen LogP contribution in [0.2, 0.25) is 0 Å². The Morgan fingerprint density at radius 2 is 2.17 bits per heavy atom. The van der Waals surface area contributed by atoms with Crippen molar-refractivity contribution >= 4 is 17.9 Å². The average Bonchev–Trinajstić information content (AvgIpc) is 2.16. The van der Waals surface area contributed by atoms with Crippen LogP contribution in [0.1, 0.15) is 34.6 Å². The highest BCUT2D eigenvalue weighted by molar-refractivity contribution is 6.21. The molecule has 0 saturated heterocycles. The van der Waals surface area contributed by atoms with Crippen LogP contribution in [-0.4, -0.2) is 6.29 Å². The van der Waals surface area contributed by atoms with E-state index in [0.29, 0.717) is 5.56 Å². The molecule has 0 bridgehead atoms. The highest BCUT2D eigenvalue weighted by atomic mass is 35.5. The minimum Gasteiger partial charge on any atom is -0.298 e. The molecule has 0 aliphatic heterocycles. The van der Waals surface area contributed by atoms with Gasteiger partial charge in [-0.25, -0.2) is 0 Å².